The minimum atomic E-state index is -3.71. The zero-order chi connectivity index (χ0) is 15.5. The van der Waals surface area contributed by atoms with E-state index in [0.717, 1.165) is 0 Å². The molecule has 0 spiro atoms. The van der Waals surface area contributed by atoms with E-state index in [9.17, 15) is 13.5 Å². The van der Waals surface area contributed by atoms with Crippen molar-refractivity contribution < 1.29 is 13.5 Å². The SMILES string of the molecule is NS(=O)(=O)c1ccc(NN=Cc2cc(Cl)ccc2O)cc1. The van der Waals surface area contributed by atoms with Gasteiger partial charge in [0.25, 0.3) is 0 Å². The maximum atomic E-state index is 11.1. The van der Waals surface area contributed by atoms with Crippen LogP contribution in [0.2, 0.25) is 5.02 Å². The van der Waals surface area contributed by atoms with Crippen LogP contribution in [0, 0.1) is 0 Å². The van der Waals surface area contributed by atoms with Gasteiger partial charge in [-0.3, -0.25) is 5.43 Å². The molecule has 110 valence electrons. The number of aromatic hydroxyl groups is 1. The summed E-state index contributed by atoms with van der Waals surface area (Å²) in [6.07, 6.45) is 1.40. The van der Waals surface area contributed by atoms with Crippen LogP contribution in [0.3, 0.4) is 0 Å². The number of hydrogen-bond acceptors (Lipinski definition) is 5. The number of nitrogens with zero attached hydrogens (tertiary/aromatic N) is 1. The van der Waals surface area contributed by atoms with E-state index >= 15 is 0 Å². The van der Waals surface area contributed by atoms with Gasteiger partial charge in [-0.25, -0.2) is 13.6 Å². The van der Waals surface area contributed by atoms with E-state index in [-0.39, 0.29) is 10.6 Å². The Labute approximate surface area is 126 Å². The molecule has 0 radical (unpaired) electrons. The van der Waals surface area contributed by atoms with Crippen LogP contribution in [0.1, 0.15) is 5.56 Å². The zero-order valence-corrected chi connectivity index (χ0v) is 12.3. The summed E-state index contributed by atoms with van der Waals surface area (Å²) in [5.41, 5.74) is 3.72. The van der Waals surface area contributed by atoms with Crippen molar-refractivity contribution >= 4 is 33.5 Å². The van der Waals surface area contributed by atoms with Gasteiger partial charge in [-0.05, 0) is 42.5 Å². The standard InChI is InChI=1S/C13H12ClN3O3S/c14-10-1-6-13(18)9(7-10)8-16-17-11-2-4-12(5-3-11)21(15,19)20/h1-8,17-18H,(H2,15,19,20). The Balaban J connectivity index is 2.09. The number of phenols is 1. The first kappa shape index (κ1) is 15.3. The second-order valence-electron chi connectivity index (χ2n) is 4.14. The van der Waals surface area contributed by atoms with Crippen LogP contribution in [0.4, 0.5) is 5.69 Å². The van der Waals surface area contributed by atoms with Crippen LogP contribution in [0.15, 0.2) is 52.5 Å². The van der Waals surface area contributed by atoms with Gasteiger partial charge in [0.2, 0.25) is 10.0 Å². The molecular weight excluding hydrogens is 314 g/mol. The van der Waals surface area contributed by atoms with Gasteiger partial charge < -0.3 is 5.11 Å². The summed E-state index contributed by atoms with van der Waals surface area (Å²) in [5, 5.41) is 19.0. The van der Waals surface area contributed by atoms with Gasteiger partial charge in [0, 0.05) is 10.6 Å². The maximum Gasteiger partial charge on any atom is 0.238 e. The predicted molar refractivity (Wildman–Crippen MR) is 82.1 cm³/mol. The Bertz CT molecular complexity index is 774. The van der Waals surface area contributed by atoms with E-state index in [1.807, 2.05) is 0 Å². The highest BCUT2D eigenvalue weighted by Crippen LogP contribution is 2.19. The lowest BCUT2D eigenvalue weighted by Crippen LogP contribution is -2.11. The predicted octanol–water partition coefficient (Wildman–Crippen LogP) is 2.14. The van der Waals surface area contributed by atoms with Crippen molar-refractivity contribution in [3.8, 4) is 5.75 Å². The van der Waals surface area contributed by atoms with Crippen LogP contribution in [0.5, 0.6) is 5.75 Å². The average molecular weight is 326 g/mol. The molecule has 0 atom stereocenters. The number of sulfonamides is 1. The highest BCUT2D eigenvalue weighted by Gasteiger charge is 2.06. The molecule has 0 aliphatic heterocycles. The number of nitrogens with two attached hydrogens (primary N) is 1. The zero-order valence-electron chi connectivity index (χ0n) is 10.7. The number of phenolic OH excluding ortho intramolecular Hbond substituents is 1. The molecule has 0 aliphatic rings. The average Bonchev–Trinajstić information content (AvgIpc) is 2.42. The quantitative estimate of drug-likeness (QED) is 0.591. The van der Waals surface area contributed by atoms with Gasteiger partial charge in [-0.15, -0.1) is 0 Å². The van der Waals surface area contributed by atoms with Gasteiger partial charge in [-0.2, -0.15) is 5.10 Å². The first-order valence-corrected chi connectivity index (χ1v) is 7.69. The Hall–Kier alpha value is -2.09. The highest BCUT2D eigenvalue weighted by atomic mass is 35.5. The molecule has 0 saturated carbocycles. The monoisotopic (exact) mass is 325 g/mol. The van der Waals surface area contributed by atoms with Crippen molar-refractivity contribution in [1.82, 2.24) is 0 Å². The first-order chi connectivity index (χ1) is 9.86. The number of nitrogens with one attached hydrogen (secondary N) is 1. The largest absolute Gasteiger partial charge is 0.507 e. The van der Waals surface area contributed by atoms with Gasteiger partial charge in [0.1, 0.15) is 5.75 Å². The van der Waals surface area contributed by atoms with Crippen molar-refractivity contribution in [3.63, 3.8) is 0 Å². The Kier molecular flexibility index (Phi) is 4.46. The summed E-state index contributed by atoms with van der Waals surface area (Å²) in [5.74, 6) is 0.0505. The van der Waals surface area contributed by atoms with Gasteiger partial charge in [0.05, 0.1) is 16.8 Å². The molecule has 6 nitrogen and oxygen atoms in total. The summed E-state index contributed by atoms with van der Waals surface area (Å²) in [4.78, 5) is 0.0181. The van der Waals surface area contributed by atoms with Crippen LogP contribution in [0.25, 0.3) is 0 Å². The van der Waals surface area contributed by atoms with Crippen molar-refractivity contribution in [2.24, 2.45) is 10.2 Å². The molecule has 0 aliphatic carbocycles. The Morgan fingerprint density at radius 1 is 1.19 bits per heavy atom. The third-order valence-electron chi connectivity index (χ3n) is 2.57. The van der Waals surface area contributed by atoms with E-state index in [1.165, 1.54) is 36.5 Å². The normalized spacial score (nSPS) is 11.7. The molecule has 21 heavy (non-hydrogen) atoms. The van der Waals surface area contributed by atoms with Crippen LogP contribution in [-0.2, 0) is 10.0 Å². The van der Waals surface area contributed by atoms with Gasteiger partial charge in [-0.1, -0.05) is 11.6 Å². The fourth-order valence-electron chi connectivity index (χ4n) is 1.52. The molecule has 4 N–H and O–H groups in total. The van der Waals surface area contributed by atoms with E-state index in [2.05, 4.69) is 10.5 Å². The van der Waals surface area contributed by atoms with Crippen LogP contribution in [-0.4, -0.2) is 19.7 Å². The molecule has 0 aromatic heterocycles. The molecule has 2 rings (SSSR count). The fourth-order valence-corrected chi connectivity index (χ4v) is 2.22. The molecular formula is C13H12ClN3O3S. The Morgan fingerprint density at radius 3 is 2.48 bits per heavy atom. The molecule has 0 saturated heterocycles. The van der Waals surface area contributed by atoms with Crippen molar-refractivity contribution in [3.05, 3.63) is 53.1 Å². The van der Waals surface area contributed by atoms with Gasteiger partial charge in [0.15, 0.2) is 0 Å². The minimum absolute atomic E-state index is 0.0181. The van der Waals surface area contributed by atoms with E-state index in [4.69, 9.17) is 16.7 Å². The smallest absolute Gasteiger partial charge is 0.238 e. The summed E-state index contributed by atoms with van der Waals surface area (Å²) < 4.78 is 22.2. The number of rotatable bonds is 4. The van der Waals surface area contributed by atoms with Crippen molar-refractivity contribution in [2.75, 3.05) is 5.43 Å². The number of anilines is 1. The summed E-state index contributed by atoms with van der Waals surface area (Å²) in [6.45, 7) is 0. The highest BCUT2D eigenvalue weighted by molar-refractivity contribution is 7.89. The number of primary sulfonamides is 1. The second-order valence-corrected chi connectivity index (χ2v) is 6.14. The third-order valence-corrected chi connectivity index (χ3v) is 3.73. The number of halogens is 1. The van der Waals surface area contributed by atoms with E-state index in [0.29, 0.717) is 16.3 Å². The fraction of sp³-hybridized carbons (Fsp3) is 0. The molecule has 0 bridgehead atoms. The number of benzene rings is 2. The lowest BCUT2D eigenvalue weighted by Gasteiger charge is -2.02. The van der Waals surface area contributed by atoms with Crippen molar-refractivity contribution in [2.45, 2.75) is 4.90 Å². The van der Waals surface area contributed by atoms with Crippen molar-refractivity contribution in [1.29, 1.82) is 0 Å². The number of hydrogen-bond donors (Lipinski definition) is 3. The molecule has 0 unspecified atom stereocenters. The Morgan fingerprint density at radius 2 is 1.86 bits per heavy atom. The topological polar surface area (TPSA) is 105 Å². The minimum Gasteiger partial charge on any atom is -0.507 e. The summed E-state index contributed by atoms with van der Waals surface area (Å²) in [6, 6.07) is 10.4. The third kappa shape index (κ3) is 4.19. The lowest BCUT2D eigenvalue weighted by atomic mass is 10.2. The van der Waals surface area contributed by atoms with E-state index in [1.54, 1.807) is 12.1 Å². The summed E-state index contributed by atoms with van der Waals surface area (Å²) in [7, 11) is -3.71. The van der Waals surface area contributed by atoms with Gasteiger partial charge >= 0.3 is 0 Å². The first-order valence-electron chi connectivity index (χ1n) is 5.77. The molecule has 2 aromatic rings. The molecule has 8 heteroatoms. The van der Waals surface area contributed by atoms with E-state index < -0.39 is 10.0 Å². The van der Waals surface area contributed by atoms with Crippen LogP contribution >= 0.6 is 11.6 Å². The molecule has 0 heterocycles. The lowest BCUT2D eigenvalue weighted by molar-refractivity contribution is 0.474. The summed E-state index contributed by atoms with van der Waals surface area (Å²) >= 11 is 5.81. The maximum absolute atomic E-state index is 11.1. The number of hydrazone groups is 1. The molecule has 0 fully saturated rings. The molecule has 2 aromatic carbocycles. The molecule has 0 amide bonds. The van der Waals surface area contributed by atoms with Crippen LogP contribution < -0.4 is 10.6 Å². The second kappa shape index (κ2) is 6.13.